The molecule has 1 aromatic rings. The first-order chi connectivity index (χ1) is 11.7. The highest BCUT2D eigenvalue weighted by Crippen LogP contribution is 2.48. The van der Waals surface area contributed by atoms with E-state index in [2.05, 4.69) is 15.6 Å². The summed E-state index contributed by atoms with van der Waals surface area (Å²) in [6.07, 6.45) is 3.62. The molecule has 24 heavy (non-hydrogen) atoms. The first-order valence-corrected chi connectivity index (χ1v) is 8.91. The number of hydrogen-bond acceptors (Lipinski definition) is 3. The van der Waals surface area contributed by atoms with E-state index in [1.807, 2.05) is 37.3 Å². The summed E-state index contributed by atoms with van der Waals surface area (Å²) in [6, 6.07) is 10.1. The largest absolute Gasteiger partial charge is 0.396 e. The van der Waals surface area contributed by atoms with E-state index >= 15 is 0 Å². The van der Waals surface area contributed by atoms with Crippen LogP contribution in [-0.2, 0) is 4.74 Å². The summed E-state index contributed by atoms with van der Waals surface area (Å²) in [4.78, 5) is 4.30. The highest BCUT2D eigenvalue weighted by atomic mass is 16.5. The van der Waals surface area contributed by atoms with Crippen molar-refractivity contribution in [3.8, 4) is 0 Å². The van der Waals surface area contributed by atoms with Crippen molar-refractivity contribution in [2.75, 3.05) is 40.0 Å². The van der Waals surface area contributed by atoms with Crippen LogP contribution in [0.4, 0.5) is 0 Å². The molecule has 0 heterocycles. The number of aliphatic imine (C=N–C) groups is 1. The van der Waals surface area contributed by atoms with Gasteiger partial charge >= 0.3 is 0 Å². The third-order valence-corrected chi connectivity index (χ3v) is 4.80. The molecule has 1 unspecified atom stereocenters. The van der Waals surface area contributed by atoms with Gasteiger partial charge in [-0.15, -0.1) is 0 Å². The van der Waals surface area contributed by atoms with Crippen LogP contribution < -0.4 is 10.6 Å². The molecule has 0 amide bonds. The molecule has 0 radical (unpaired) electrons. The maximum atomic E-state index is 9.64. The Labute approximate surface area is 145 Å². The SMILES string of the molecule is CCOCCC1(CNC(=NC)NCC(CO)c2ccccc2)CC1. The number of aliphatic hydroxyl groups is 1. The number of hydrogen-bond donors (Lipinski definition) is 3. The number of nitrogens with one attached hydrogen (secondary N) is 2. The summed E-state index contributed by atoms with van der Waals surface area (Å²) in [7, 11) is 1.78. The third-order valence-electron chi connectivity index (χ3n) is 4.80. The summed E-state index contributed by atoms with van der Waals surface area (Å²) < 4.78 is 5.48. The Morgan fingerprint density at radius 1 is 1.29 bits per heavy atom. The third kappa shape index (κ3) is 5.80. The molecular formula is C19H31N3O2. The van der Waals surface area contributed by atoms with Crippen molar-refractivity contribution < 1.29 is 9.84 Å². The number of guanidine groups is 1. The van der Waals surface area contributed by atoms with Gasteiger partial charge in [-0.25, -0.2) is 0 Å². The fraction of sp³-hybridized carbons (Fsp3) is 0.632. The van der Waals surface area contributed by atoms with Crippen LogP contribution in [0.25, 0.3) is 0 Å². The zero-order chi connectivity index (χ0) is 17.3. The van der Waals surface area contributed by atoms with Crippen molar-refractivity contribution in [3.63, 3.8) is 0 Å². The van der Waals surface area contributed by atoms with Crippen LogP contribution in [0, 0.1) is 5.41 Å². The number of rotatable bonds is 10. The van der Waals surface area contributed by atoms with Gasteiger partial charge in [0, 0.05) is 39.3 Å². The van der Waals surface area contributed by atoms with E-state index in [0.29, 0.717) is 12.0 Å². The molecule has 1 fully saturated rings. The first kappa shape index (κ1) is 18.7. The van der Waals surface area contributed by atoms with Crippen molar-refractivity contribution >= 4 is 5.96 Å². The number of ether oxygens (including phenoxy) is 1. The molecule has 0 aromatic heterocycles. The van der Waals surface area contributed by atoms with Gasteiger partial charge in [-0.2, -0.15) is 0 Å². The highest BCUT2D eigenvalue weighted by molar-refractivity contribution is 5.79. The quantitative estimate of drug-likeness (QED) is 0.349. The first-order valence-electron chi connectivity index (χ1n) is 8.91. The van der Waals surface area contributed by atoms with E-state index < -0.39 is 0 Å². The lowest BCUT2D eigenvalue weighted by Crippen LogP contribution is -2.42. The van der Waals surface area contributed by atoms with Crippen LogP contribution in [0.1, 0.15) is 37.7 Å². The van der Waals surface area contributed by atoms with Gasteiger partial charge in [-0.05, 0) is 37.2 Å². The van der Waals surface area contributed by atoms with E-state index in [-0.39, 0.29) is 12.5 Å². The van der Waals surface area contributed by atoms with Crippen LogP contribution in [-0.4, -0.2) is 51.0 Å². The average Bonchev–Trinajstić information content (AvgIpc) is 3.39. The standard InChI is InChI=1S/C19H31N3O2/c1-3-24-12-11-19(9-10-19)15-22-18(20-2)21-13-17(14-23)16-7-5-4-6-8-16/h4-8,17,23H,3,9-15H2,1-2H3,(H2,20,21,22). The van der Waals surface area contributed by atoms with E-state index in [1.165, 1.54) is 12.8 Å². The lowest BCUT2D eigenvalue weighted by Gasteiger charge is -2.21. The van der Waals surface area contributed by atoms with Gasteiger partial charge in [0.25, 0.3) is 0 Å². The summed E-state index contributed by atoms with van der Waals surface area (Å²) in [5.41, 5.74) is 1.51. The van der Waals surface area contributed by atoms with Gasteiger partial charge in [-0.1, -0.05) is 30.3 Å². The minimum absolute atomic E-state index is 0.0672. The lowest BCUT2D eigenvalue weighted by molar-refractivity contribution is 0.128. The van der Waals surface area contributed by atoms with Crippen molar-refractivity contribution in [3.05, 3.63) is 35.9 Å². The molecule has 5 nitrogen and oxygen atoms in total. The molecular weight excluding hydrogens is 302 g/mol. The second-order valence-corrected chi connectivity index (χ2v) is 6.54. The molecule has 1 atom stereocenters. The van der Waals surface area contributed by atoms with Gasteiger partial charge in [0.2, 0.25) is 0 Å². The van der Waals surface area contributed by atoms with Gasteiger partial charge in [0.05, 0.1) is 6.61 Å². The zero-order valence-corrected chi connectivity index (χ0v) is 14.9. The molecule has 5 heteroatoms. The van der Waals surface area contributed by atoms with E-state index in [4.69, 9.17) is 4.74 Å². The summed E-state index contributed by atoms with van der Waals surface area (Å²) >= 11 is 0. The maximum Gasteiger partial charge on any atom is 0.191 e. The predicted octanol–water partition coefficient (Wildman–Crippen LogP) is 2.13. The van der Waals surface area contributed by atoms with E-state index in [1.54, 1.807) is 7.05 Å². The second-order valence-electron chi connectivity index (χ2n) is 6.54. The fourth-order valence-electron chi connectivity index (χ4n) is 2.85. The van der Waals surface area contributed by atoms with Crippen LogP contribution in [0.5, 0.6) is 0 Å². The summed E-state index contributed by atoms with van der Waals surface area (Å²) in [5.74, 6) is 0.865. The number of aliphatic hydroxyl groups excluding tert-OH is 1. The van der Waals surface area contributed by atoms with Crippen LogP contribution in [0.3, 0.4) is 0 Å². The lowest BCUT2D eigenvalue weighted by atomic mass is 10.0. The molecule has 1 aliphatic rings. The Hall–Kier alpha value is -1.59. The monoisotopic (exact) mass is 333 g/mol. The molecule has 0 aliphatic heterocycles. The van der Waals surface area contributed by atoms with Gasteiger partial charge in [0.15, 0.2) is 5.96 Å². The molecule has 0 bridgehead atoms. The molecule has 1 aromatic carbocycles. The van der Waals surface area contributed by atoms with E-state index in [0.717, 1.165) is 37.7 Å². The van der Waals surface area contributed by atoms with Crippen molar-refractivity contribution in [1.29, 1.82) is 0 Å². The zero-order valence-electron chi connectivity index (χ0n) is 14.9. The van der Waals surface area contributed by atoms with Crippen molar-refractivity contribution in [1.82, 2.24) is 10.6 Å². The van der Waals surface area contributed by atoms with E-state index in [9.17, 15) is 5.11 Å². The van der Waals surface area contributed by atoms with Gasteiger partial charge in [-0.3, -0.25) is 4.99 Å². The second kappa shape index (κ2) is 9.64. The summed E-state index contributed by atoms with van der Waals surface area (Å²) in [6.45, 7) is 5.36. The Morgan fingerprint density at radius 3 is 2.62 bits per heavy atom. The molecule has 1 saturated carbocycles. The predicted molar refractivity (Wildman–Crippen MR) is 98.4 cm³/mol. The van der Waals surface area contributed by atoms with Crippen LogP contribution in [0.15, 0.2) is 35.3 Å². The Morgan fingerprint density at radius 2 is 2.04 bits per heavy atom. The number of benzene rings is 1. The van der Waals surface area contributed by atoms with Crippen molar-refractivity contribution in [2.24, 2.45) is 10.4 Å². The maximum absolute atomic E-state index is 9.64. The van der Waals surface area contributed by atoms with Crippen LogP contribution in [0.2, 0.25) is 0 Å². The minimum Gasteiger partial charge on any atom is -0.396 e. The Balaban J connectivity index is 1.76. The average molecular weight is 333 g/mol. The molecule has 0 saturated heterocycles. The molecule has 3 N–H and O–H groups in total. The van der Waals surface area contributed by atoms with Gasteiger partial charge < -0.3 is 20.5 Å². The Kier molecular flexibility index (Phi) is 7.53. The number of nitrogens with zero attached hydrogens (tertiary/aromatic N) is 1. The molecule has 2 rings (SSSR count). The van der Waals surface area contributed by atoms with Crippen molar-refractivity contribution in [2.45, 2.75) is 32.1 Å². The van der Waals surface area contributed by atoms with Crippen LogP contribution >= 0.6 is 0 Å². The topological polar surface area (TPSA) is 65.9 Å². The molecule has 0 spiro atoms. The normalized spacial score (nSPS) is 17.4. The van der Waals surface area contributed by atoms with Gasteiger partial charge in [0.1, 0.15) is 0 Å². The highest BCUT2D eigenvalue weighted by Gasteiger charge is 2.41. The minimum atomic E-state index is 0.0672. The molecule has 134 valence electrons. The molecule has 1 aliphatic carbocycles. The fourth-order valence-corrected chi connectivity index (χ4v) is 2.85. The summed E-state index contributed by atoms with van der Waals surface area (Å²) in [5, 5.41) is 16.4. The Bertz CT molecular complexity index is 501. The smallest absolute Gasteiger partial charge is 0.191 e.